The predicted molar refractivity (Wildman–Crippen MR) is 105 cm³/mol. The van der Waals surface area contributed by atoms with Crippen molar-refractivity contribution in [3.05, 3.63) is 28.8 Å². The highest BCUT2D eigenvalue weighted by atomic mass is 32.1. The van der Waals surface area contributed by atoms with Crippen molar-refractivity contribution in [2.45, 2.75) is 33.6 Å². The number of esters is 1. The lowest BCUT2D eigenvalue weighted by molar-refractivity contribution is -0.897. The third-order valence-corrected chi connectivity index (χ3v) is 5.82. The van der Waals surface area contributed by atoms with Gasteiger partial charge in [-0.05, 0) is 44.7 Å². The average Bonchev–Trinajstić information content (AvgIpc) is 3.23. The summed E-state index contributed by atoms with van der Waals surface area (Å²) >= 11 is 1.32. The lowest BCUT2D eigenvalue weighted by Gasteiger charge is -2.26. The molecular weight excluding hydrogens is 364 g/mol. The maximum Gasteiger partial charge on any atom is 0.341 e. The maximum atomic E-state index is 12.5. The number of rotatable bonds is 6. The Balaban J connectivity index is 1.77. The minimum absolute atomic E-state index is 0.0749. The Labute approximate surface area is 163 Å². The molecule has 0 bridgehead atoms. The zero-order chi connectivity index (χ0) is 19.4. The molecule has 0 atom stereocenters. The van der Waals surface area contributed by atoms with Crippen LogP contribution in [0.25, 0.3) is 11.3 Å². The van der Waals surface area contributed by atoms with E-state index in [-0.39, 0.29) is 12.5 Å². The number of likely N-dealkylation sites (tertiary alicyclic amines) is 1. The maximum absolute atomic E-state index is 12.5. The van der Waals surface area contributed by atoms with Gasteiger partial charge in [0.15, 0.2) is 6.54 Å². The highest BCUT2D eigenvalue weighted by Crippen LogP contribution is 2.37. The topological polar surface area (TPSA) is 73.0 Å². The molecule has 3 rings (SSSR count). The number of piperidine rings is 1. The Kier molecular flexibility index (Phi) is 6.34. The molecule has 7 heteroatoms. The molecule has 0 spiro atoms. The minimum Gasteiger partial charge on any atom is -0.462 e. The SMILES string of the molecule is CCOC(=O)c1c(-c2ccc(C)o2)csc1NC(=O)C[NH+]1CCC(C)CC1. The van der Waals surface area contributed by atoms with E-state index in [1.54, 1.807) is 6.92 Å². The normalized spacial score (nSPS) is 19.7. The first kappa shape index (κ1) is 19.6. The number of quaternary nitrogens is 1. The van der Waals surface area contributed by atoms with Gasteiger partial charge >= 0.3 is 5.97 Å². The molecule has 27 heavy (non-hydrogen) atoms. The van der Waals surface area contributed by atoms with Gasteiger partial charge in [-0.15, -0.1) is 11.3 Å². The van der Waals surface area contributed by atoms with E-state index in [0.717, 1.165) is 37.6 Å². The molecule has 6 nitrogen and oxygen atoms in total. The molecule has 2 aromatic rings. The fourth-order valence-corrected chi connectivity index (χ4v) is 4.32. The van der Waals surface area contributed by atoms with Crippen LogP contribution < -0.4 is 10.2 Å². The van der Waals surface area contributed by atoms with Crippen LogP contribution in [0, 0.1) is 12.8 Å². The number of aryl methyl sites for hydroxylation is 1. The second-order valence-electron chi connectivity index (χ2n) is 7.14. The smallest absolute Gasteiger partial charge is 0.341 e. The van der Waals surface area contributed by atoms with Crippen molar-refractivity contribution in [1.29, 1.82) is 0 Å². The summed E-state index contributed by atoms with van der Waals surface area (Å²) in [6, 6.07) is 3.67. The first-order valence-electron chi connectivity index (χ1n) is 9.46. The van der Waals surface area contributed by atoms with Crippen LogP contribution in [0.2, 0.25) is 0 Å². The Morgan fingerprint density at radius 3 is 2.70 bits per heavy atom. The van der Waals surface area contributed by atoms with Gasteiger partial charge in [0.25, 0.3) is 5.91 Å². The molecule has 3 heterocycles. The number of thiophene rings is 1. The van der Waals surface area contributed by atoms with Crippen LogP contribution in [0.3, 0.4) is 0 Å². The Morgan fingerprint density at radius 2 is 2.07 bits per heavy atom. The van der Waals surface area contributed by atoms with Crippen molar-refractivity contribution in [3.63, 3.8) is 0 Å². The predicted octanol–water partition coefficient (Wildman–Crippen LogP) is 2.75. The van der Waals surface area contributed by atoms with Crippen LogP contribution in [-0.2, 0) is 9.53 Å². The van der Waals surface area contributed by atoms with Gasteiger partial charge in [-0.2, -0.15) is 0 Å². The van der Waals surface area contributed by atoms with Crippen LogP contribution in [0.1, 0.15) is 42.8 Å². The number of nitrogens with one attached hydrogen (secondary N) is 2. The zero-order valence-corrected chi connectivity index (χ0v) is 16.9. The Hall–Kier alpha value is -2.12. The zero-order valence-electron chi connectivity index (χ0n) is 16.1. The van der Waals surface area contributed by atoms with E-state index >= 15 is 0 Å². The van der Waals surface area contributed by atoms with Crippen LogP contribution in [0.5, 0.6) is 0 Å². The van der Waals surface area contributed by atoms with E-state index < -0.39 is 5.97 Å². The molecular formula is C20H27N2O4S+. The molecule has 0 aromatic carbocycles. The first-order chi connectivity index (χ1) is 13.0. The van der Waals surface area contributed by atoms with Crippen molar-refractivity contribution in [1.82, 2.24) is 0 Å². The summed E-state index contributed by atoms with van der Waals surface area (Å²) in [6.45, 7) is 8.59. The van der Waals surface area contributed by atoms with Crippen molar-refractivity contribution in [3.8, 4) is 11.3 Å². The monoisotopic (exact) mass is 391 g/mol. The molecule has 1 amide bonds. The summed E-state index contributed by atoms with van der Waals surface area (Å²) in [4.78, 5) is 26.4. The second kappa shape index (κ2) is 8.71. The largest absolute Gasteiger partial charge is 0.462 e. The first-order valence-corrected chi connectivity index (χ1v) is 10.3. The molecule has 146 valence electrons. The average molecular weight is 392 g/mol. The van der Waals surface area contributed by atoms with E-state index in [1.165, 1.54) is 16.2 Å². The number of carbonyl (C=O) groups is 2. The molecule has 2 aromatic heterocycles. The summed E-state index contributed by atoms with van der Waals surface area (Å²) in [6.07, 6.45) is 2.30. The lowest BCUT2D eigenvalue weighted by Crippen LogP contribution is -3.14. The summed E-state index contributed by atoms with van der Waals surface area (Å²) in [5.41, 5.74) is 1.02. The summed E-state index contributed by atoms with van der Waals surface area (Å²) in [7, 11) is 0. The molecule has 0 radical (unpaired) electrons. The van der Waals surface area contributed by atoms with E-state index in [2.05, 4.69) is 12.2 Å². The molecule has 0 unspecified atom stereocenters. The number of furan rings is 1. The van der Waals surface area contributed by atoms with Gasteiger partial charge in [0.1, 0.15) is 22.1 Å². The Bertz CT molecular complexity index is 803. The van der Waals surface area contributed by atoms with Gasteiger partial charge in [-0.1, -0.05) is 6.92 Å². The number of carbonyl (C=O) groups excluding carboxylic acids is 2. The fraction of sp³-hybridized carbons (Fsp3) is 0.500. The van der Waals surface area contributed by atoms with Crippen molar-refractivity contribution >= 4 is 28.2 Å². The van der Waals surface area contributed by atoms with Gasteiger partial charge in [-0.25, -0.2) is 4.79 Å². The highest BCUT2D eigenvalue weighted by Gasteiger charge is 2.26. The fourth-order valence-electron chi connectivity index (χ4n) is 3.36. The van der Waals surface area contributed by atoms with Gasteiger partial charge < -0.3 is 19.4 Å². The molecule has 0 saturated carbocycles. The van der Waals surface area contributed by atoms with Gasteiger partial charge in [0.05, 0.1) is 19.7 Å². The van der Waals surface area contributed by atoms with E-state index in [9.17, 15) is 9.59 Å². The van der Waals surface area contributed by atoms with E-state index in [1.807, 2.05) is 24.4 Å². The summed E-state index contributed by atoms with van der Waals surface area (Å²) < 4.78 is 10.9. The number of hydrogen-bond acceptors (Lipinski definition) is 5. The molecule has 1 aliphatic rings. The lowest BCUT2D eigenvalue weighted by atomic mass is 9.99. The molecule has 1 fully saturated rings. The van der Waals surface area contributed by atoms with Crippen LogP contribution in [-0.4, -0.2) is 38.1 Å². The number of anilines is 1. The van der Waals surface area contributed by atoms with Crippen molar-refractivity contribution in [2.75, 3.05) is 31.6 Å². The standard InChI is InChI=1S/C20H26N2O4S/c1-4-25-20(24)18-15(16-6-5-14(3)26-16)12-27-19(18)21-17(23)11-22-9-7-13(2)8-10-22/h5-6,12-13H,4,7-11H2,1-3H3,(H,21,23)/p+1. The third-order valence-electron chi connectivity index (χ3n) is 4.92. The Morgan fingerprint density at radius 1 is 1.33 bits per heavy atom. The molecule has 0 aliphatic carbocycles. The van der Waals surface area contributed by atoms with Gasteiger partial charge in [0.2, 0.25) is 0 Å². The third kappa shape index (κ3) is 4.78. The van der Waals surface area contributed by atoms with Gasteiger partial charge in [-0.3, -0.25) is 4.79 Å². The van der Waals surface area contributed by atoms with Gasteiger partial charge in [0, 0.05) is 10.9 Å². The second-order valence-corrected chi connectivity index (χ2v) is 8.02. The summed E-state index contributed by atoms with van der Waals surface area (Å²) in [5.74, 6) is 1.58. The quantitative estimate of drug-likeness (QED) is 0.743. The molecule has 1 saturated heterocycles. The van der Waals surface area contributed by atoms with E-state index in [0.29, 0.717) is 28.4 Å². The number of hydrogen-bond donors (Lipinski definition) is 2. The molecule has 1 aliphatic heterocycles. The highest BCUT2D eigenvalue weighted by molar-refractivity contribution is 7.15. The van der Waals surface area contributed by atoms with Crippen molar-refractivity contribution in [2.24, 2.45) is 5.92 Å². The van der Waals surface area contributed by atoms with Crippen LogP contribution in [0.4, 0.5) is 5.00 Å². The number of ether oxygens (including phenoxy) is 1. The summed E-state index contributed by atoms with van der Waals surface area (Å²) in [5, 5.41) is 5.27. The van der Waals surface area contributed by atoms with Crippen LogP contribution >= 0.6 is 11.3 Å². The number of amides is 1. The van der Waals surface area contributed by atoms with Crippen LogP contribution in [0.15, 0.2) is 21.9 Å². The minimum atomic E-state index is -0.447. The van der Waals surface area contributed by atoms with E-state index in [4.69, 9.17) is 9.15 Å². The molecule has 2 N–H and O–H groups in total. The van der Waals surface area contributed by atoms with Crippen molar-refractivity contribution < 1.29 is 23.6 Å².